The van der Waals surface area contributed by atoms with Crippen LogP contribution in [0.25, 0.3) is 10.8 Å². The van der Waals surface area contributed by atoms with Gasteiger partial charge < -0.3 is 15.5 Å². The van der Waals surface area contributed by atoms with Gasteiger partial charge in [0.2, 0.25) is 0 Å². The van der Waals surface area contributed by atoms with E-state index in [0.717, 1.165) is 6.07 Å². The van der Waals surface area contributed by atoms with Crippen LogP contribution in [0.1, 0.15) is 34.5 Å². The van der Waals surface area contributed by atoms with Gasteiger partial charge in [-0.25, -0.2) is 8.78 Å². The minimum Gasteiger partial charge on any atom is -0.493 e. The molecule has 0 spiro atoms. The third kappa shape index (κ3) is 2.76. The number of fused-ring (bicyclic) bond motifs is 1. The van der Waals surface area contributed by atoms with Crippen LogP contribution in [-0.4, -0.2) is 17.9 Å². The highest BCUT2D eigenvalue weighted by Crippen LogP contribution is 2.33. The first-order valence-electron chi connectivity index (χ1n) is 7.83. The maximum absolute atomic E-state index is 14.9. The number of halogens is 2. The van der Waals surface area contributed by atoms with Gasteiger partial charge in [-0.15, -0.1) is 0 Å². The van der Waals surface area contributed by atoms with E-state index in [9.17, 15) is 18.4 Å². The van der Waals surface area contributed by atoms with Crippen LogP contribution in [0, 0.1) is 11.6 Å². The summed E-state index contributed by atoms with van der Waals surface area (Å²) in [5, 5.41) is 0.550. The molecule has 0 bridgehead atoms. The van der Waals surface area contributed by atoms with Crippen LogP contribution in [0.4, 0.5) is 8.78 Å². The Morgan fingerprint density at radius 3 is 2.62 bits per heavy atom. The van der Waals surface area contributed by atoms with E-state index in [1.54, 1.807) is 6.92 Å². The third-order valence-corrected chi connectivity index (χ3v) is 4.18. The Hall–Kier alpha value is -3.06. The van der Waals surface area contributed by atoms with Crippen molar-refractivity contribution in [2.75, 3.05) is 7.11 Å². The van der Waals surface area contributed by atoms with Crippen molar-refractivity contribution < 1.29 is 18.3 Å². The molecule has 134 valence electrons. The zero-order valence-corrected chi connectivity index (χ0v) is 14.1. The number of ether oxygens (including phenoxy) is 1. The number of nitrogens with one attached hydrogen (secondary N) is 1. The Morgan fingerprint density at radius 1 is 1.23 bits per heavy atom. The monoisotopic (exact) mass is 358 g/mol. The van der Waals surface area contributed by atoms with Crippen LogP contribution in [-0.2, 0) is 0 Å². The predicted molar refractivity (Wildman–Crippen MR) is 93.5 cm³/mol. The number of pyridine rings is 1. The fourth-order valence-electron chi connectivity index (χ4n) is 2.93. The van der Waals surface area contributed by atoms with Gasteiger partial charge in [-0.2, -0.15) is 0 Å². The first-order valence-corrected chi connectivity index (χ1v) is 7.83. The van der Waals surface area contributed by atoms with Crippen molar-refractivity contribution in [2.24, 2.45) is 5.73 Å². The molecule has 7 heteroatoms. The zero-order valence-electron chi connectivity index (χ0n) is 14.1. The highest BCUT2D eigenvalue weighted by molar-refractivity contribution is 6.16. The average Bonchev–Trinajstić information content (AvgIpc) is 2.61. The van der Waals surface area contributed by atoms with Crippen molar-refractivity contribution in [2.45, 2.75) is 13.0 Å². The highest BCUT2D eigenvalue weighted by atomic mass is 19.1. The second kappa shape index (κ2) is 6.68. The Balaban J connectivity index is 2.27. The lowest BCUT2D eigenvalue weighted by Gasteiger charge is -2.16. The number of hydrogen-bond acceptors (Lipinski definition) is 4. The van der Waals surface area contributed by atoms with Gasteiger partial charge in [0.25, 0.3) is 5.56 Å². The van der Waals surface area contributed by atoms with E-state index in [1.807, 2.05) is 0 Å². The predicted octanol–water partition coefficient (Wildman–Crippen LogP) is 3.07. The van der Waals surface area contributed by atoms with Crippen LogP contribution in [0.2, 0.25) is 0 Å². The number of carbonyl (C=O) groups is 1. The van der Waals surface area contributed by atoms with Crippen molar-refractivity contribution >= 4 is 16.6 Å². The molecule has 0 saturated heterocycles. The molecule has 2 aromatic carbocycles. The Labute approximate surface area is 147 Å². The number of H-pyrrole nitrogens is 1. The van der Waals surface area contributed by atoms with Gasteiger partial charge in [-0.3, -0.25) is 9.59 Å². The van der Waals surface area contributed by atoms with Crippen LogP contribution in [0.5, 0.6) is 5.75 Å². The number of nitrogens with two attached hydrogens (primary N) is 1. The Kier molecular flexibility index (Phi) is 4.56. The number of rotatable bonds is 4. The Bertz CT molecular complexity index is 1070. The molecule has 0 radical (unpaired) electrons. The van der Waals surface area contributed by atoms with Crippen molar-refractivity contribution in [3.63, 3.8) is 0 Å². The first kappa shape index (κ1) is 17.8. The van der Waals surface area contributed by atoms with E-state index in [0.29, 0.717) is 5.39 Å². The fraction of sp³-hybridized carbons (Fsp3) is 0.158. The summed E-state index contributed by atoms with van der Waals surface area (Å²) in [6, 6.07) is 6.24. The lowest BCUT2D eigenvalue weighted by atomic mass is 9.95. The van der Waals surface area contributed by atoms with Crippen molar-refractivity contribution in [1.29, 1.82) is 0 Å². The first-order chi connectivity index (χ1) is 12.4. The Morgan fingerprint density at radius 2 is 1.96 bits per heavy atom. The number of aromatic nitrogens is 1. The number of ketones is 1. The topological polar surface area (TPSA) is 85.2 Å². The maximum Gasteiger partial charge on any atom is 0.255 e. The van der Waals surface area contributed by atoms with Crippen molar-refractivity contribution in [3.05, 3.63) is 75.2 Å². The second-order valence-corrected chi connectivity index (χ2v) is 5.86. The molecule has 0 aliphatic carbocycles. The average molecular weight is 358 g/mol. The van der Waals surface area contributed by atoms with E-state index in [1.165, 1.54) is 37.6 Å². The molecule has 26 heavy (non-hydrogen) atoms. The number of hydrogen-bond donors (Lipinski definition) is 2. The molecule has 5 nitrogen and oxygen atoms in total. The van der Waals surface area contributed by atoms with Crippen molar-refractivity contribution in [1.82, 2.24) is 4.98 Å². The quantitative estimate of drug-likeness (QED) is 0.702. The van der Waals surface area contributed by atoms with Crippen molar-refractivity contribution in [3.8, 4) is 5.75 Å². The summed E-state index contributed by atoms with van der Waals surface area (Å²) in [7, 11) is 1.22. The summed E-state index contributed by atoms with van der Waals surface area (Å²) in [5.74, 6) is -3.32. The van der Waals surface area contributed by atoms with E-state index in [4.69, 9.17) is 10.5 Å². The largest absolute Gasteiger partial charge is 0.493 e. The van der Waals surface area contributed by atoms with E-state index in [-0.39, 0.29) is 22.3 Å². The summed E-state index contributed by atoms with van der Waals surface area (Å²) in [6.45, 7) is 1.55. The maximum atomic E-state index is 14.9. The summed E-state index contributed by atoms with van der Waals surface area (Å²) in [6.07, 6.45) is 1.37. The lowest BCUT2D eigenvalue weighted by molar-refractivity contribution is 0.103. The molecule has 3 N–H and O–H groups in total. The van der Waals surface area contributed by atoms with Gasteiger partial charge in [0, 0.05) is 28.8 Å². The molecular weight excluding hydrogens is 342 g/mol. The second-order valence-electron chi connectivity index (χ2n) is 5.86. The summed E-state index contributed by atoms with van der Waals surface area (Å²) < 4.78 is 34.4. The highest BCUT2D eigenvalue weighted by Gasteiger charge is 2.27. The van der Waals surface area contributed by atoms with E-state index in [2.05, 4.69) is 4.98 Å². The molecule has 1 heterocycles. The molecule has 3 aromatic rings. The SMILES string of the molecule is COc1c([C@@H](C)N)cc(F)c(C(=O)c2cccc3c(=O)[nH]ccc23)c1F. The van der Waals surface area contributed by atoms with Gasteiger partial charge in [-0.1, -0.05) is 12.1 Å². The molecule has 1 aromatic heterocycles. The van der Waals surface area contributed by atoms with Crippen LogP contribution in [0.3, 0.4) is 0 Å². The fourth-order valence-corrected chi connectivity index (χ4v) is 2.93. The van der Waals surface area contributed by atoms with Gasteiger partial charge in [-0.05, 0) is 30.5 Å². The summed E-state index contributed by atoms with van der Waals surface area (Å²) in [4.78, 5) is 27.3. The van der Waals surface area contributed by atoms with Gasteiger partial charge >= 0.3 is 0 Å². The number of carbonyl (C=O) groups excluding carboxylic acids is 1. The summed E-state index contributed by atoms with van der Waals surface area (Å²) in [5.41, 5.74) is 4.70. The van der Waals surface area contributed by atoms with Gasteiger partial charge in [0.1, 0.15) is 5.82 Å². The third-order valence-electron chi connectivity index (χ3n) is 4.18. The normalized spacial score (nSPS) is 12.2. The molecule has 0 unspecified atom stereocenters. The standard InChI is InChI=1S/C19H16F2N2O3/c1-9(22)13-8-14(20)15(16(21)18(13)26-2)17(24)11-4-3-5-12-10(11)6-7-23-19(12)25/h3-9H,22H2,1-2H3,(H,23,25)/t9-/m1/s1. The minimum absolute atomic E-state index is 0.0157. The molecule has 0 aliphatic rings. The van der Waals surface area contributed by atoms with Gasteiger partial charge in [0.15, 0.2) is 17.3 Å². The number of methoxy groups -OCH3 is 1. The van der Waals surface area contributed by atoms with E-state index < -0.39 is 34.6 Å². The van der Waals surface area contributed by atoms with E-state index >= 15 is 0 Å². The smallest absolute Gasteiger partial charge is 0.255 e. The molecule has 0 fully saturated rings. The minimum atomic E-state index is -1.12. The number of benzene rings is 2. The number of aromatic amines is 1. The van der Waals surface area contributed by atoms with Crippen LogP contribution in [0.15, 0.2) is 41.3 Å². The molecule has 0 aliphatic heterocycles. The molecule has 3 rings (SSSR count). The molecular formula is C19H16F2N2O3. The van der Waals surface area contributed by atoms with Crippen LogP contribution >= 0.6 is 0 Å². The zero-order chi connectivity index (χ0) is 19.0. The lowest BCUT2D eigenvalue weighted by Crippen LogP contribution is -2.15. The van der Waals surface area contributed by atoms with Crippen LogP contribution < -0.4 is 16.0 Å². The molecule has 0 saturated carbocycles. The molecule has 0 amide bonds. The molecule has 1 atom stereocenters. The summed E-state index contributed by atoms with van der Waals surface area (Å²) >= 11 is 0. The van der Waals surface area contributed by atoms with Gasteiger partial charge in [0.05, 0.1) is 12.7 Å².